The first-order chi connectivity index (χ1) is 8.74. The summed E-state index contributed by atoms with van der Waals surface area (Å²) in [5.74, 6) is 1.87. The number of benzene rings is 2. The van der Waals surface area contributed by atoms with Gasteiger partial charge in [-0.2, -0.15) is 0 Å². The highest BCUT2D eigenvalue weighted by atomic mass is 35.5. The summed E-state index contributed by atoms with van der Waals surface area (Å²) in [5.41, 5.74) is 0.670. The molecule has 0 amide bonds. The molecule has 0 heterocycles. The second kappa shape index (κ2) is 5.76. The zero-order valence-corrected chi connectivity index (χ0v) is 10.6. The van der Waals surface area contributed by atoms with Crippen molar-refractivity contribution in [3.63, 3.8) is 0 Å². The Kier molecular flexibility index (Phi) is 4.07. The van der Waals surface area contributed by atoms with E-state index in [0.29, 0.717) is 27.8 Å². The van der Waals surface area contributed by atoms with E-state index in [9.17, 15) is 0 Å². The van der Waals surface area contributed by atoms with Gasteiger partial charge in [-0.05, 0) is 29.8 Å². The first kappa shape index (κ1) is 12.7. The zero-order valence-electron chi connectivity index (χ0n) is 9.89. The highest BCUT2D eigenvalue weighted by Gasteiger charge is 2.06. The predicted molar refractivity (Wildman–Crippen MR) is 70.4 cm³/mol. The number of aliphatic hydroxyl groups is 1. The fourth-order valence-electron chi connectivity index (χ4n) is 1.55. The van der Waals surface area contributed by atoms with Crippen molar-refractivity contribution >= 4 is 11.6 Å². The van der Waals surface area contributed by atoms with Crippen molar-refractivity contribution in [1.82, 2.24) is 0 Å². The largest absolute Gasteiger partial charge is 0.493 e. The van der Waals surface area contributed by atoms with Crippen LogP contribution in [0, 0.1) is 0 Å². The maximum absolute atomic E-state index is 9.04. The summed E-state index contributed by atoms with van der Waals surface area (Å²) < 4.78 is 10.9. The van der Waals surface area contributed by atoms with Gasteiger partial charge < -0.3 is 14.6 Å². The second-order valence-electron chi connectivity index (χ2n) is 3.66. The van der Waals surface area contributed by atoms with E-state index in [4.69, 9.17) is 26.2 Å². The van der Waals surface area contributed by atoms with E-state index in [1.165, 1.54) is 0 Å². The molecule has 0 aliphatic rings. The molecule has 0 aromatic heterocycles. The molecule has 0 saturated carbocycles. The van der Waals surface area contributed by atoms with Crippen molar-refractivity contribution in [3.8, 4) is 17.2 Å². The summed E-state index contributed by atoms with van der Waals surface area (Å²) >= 11 is 6.00. The second-order valence-corrected chi connectivity index (χ2v) is 4.07. The van der Waals surface area contributed by atoms with Gasteiger partial charge in [0.2, 0.25) is 0 Å². The Hall–Kier alpha value is -1.71. The van der Waals surface area contributed by atoms with Gasteiger partial charge in [-0.25, -0.2) is 0 Å². The fourth-order valence-corrected chi connectivity index (χ4v) is 1.78. The Morgan fingerprint density at radius 2 is 1.83 bits per heavy atom. The smallest absolute Gasteiger partial charge is 0.169 e. The van der Waals surface area contributed by atoms with Gasteiger partial charge in [0.05, 0.1) is 13.7 Å². The summed E-state index contributed by atoms with van der Waals surface area (Å²) in [6.45, 7) is -0.0895. The van der Waals surface area contributed by atoms with Crippen LogP contribution in [-0.4, -0.2) is 12.2 Å². The summed E-state index contributed by atoms with van der Waals surface area (Å²) in [7, 11) is 1.59. The molecule has 0 aliphatic carbocycles. The van der Waals surface area contributed by atoms with E-state index in [1.54, 1.807) is 25.3 Å². The molecule has 94 valence electrons. The molecule has 0 atom stereocenters. The number of hydrogen-bond donors (Lipinski definition) is 1. The SMILES string of the molecule is COc1ccccc1Oc1ccc(CO)c(Cl)c1. The maximum atomic E-state index is 9.04. The van der Waals surface area contributed by atoms with Crippen molar-refractivity contribution < 1.29 is 14.6 Å². The Morgan fingerprint density at radius 1 is 1.11 bits per heavy atom. The van der Waals surface area contributed by atoms with E-state index in [-0.39, 0.29) is 6.61 Å². The van der Waals surface area contributed by atoms with Gasteiger partial charge in [0.15, 0.2) is 11.5 Å². The topological polar surface area (TPSA) is 38.7 Å². The van der Waals surface area contributed by atoms with Crippen molar-refractivity contribution in [1.29, 1.82) is 0 Å². The van der Waals surface area contributed by atoms with Crippen molar-refractivity contribution in [2.24, 2.45) is 0 Å². The van der Waals surface area contributed by atoms with Gasteiger partial charge in [-0.3, -0.25) is 0 Å². The van der Waals surface area contributed by atoms with Crippen LogP contribution in [0.2, 0.25) is 5.02 Å². The third-order valence-corrected chi connectivity index (χ3v) is 2.84. The minimum atomic E-state index is -0.0895. The molecule has 0 unspecified atom stereocenters. The van der Waals surface area contributed by atoms with Crippen LogP contribution in [0.3, 0.4) is 0 Å². The molecule has 0 fully saturated rings. The quantitative estimate of drug-likeness (QED) is 0.916. The third-order valence-electron chi connectivity index (χ3n) is 2.49. The van der Waals surface area contributed by atoms with Crippen LogP contribution >= 0.6 is 11.6 Å². The zero-order chi connectivity index (χ0) is 13.0. The van der Waals surface area contributed by atoms with Crippen LogP contribution in [0.1, 0.15) is 5.56 Å². The fraction of sp³-hybridized carbons (Fsp3) is 0.143. The lowest BCUT2D eigenvalue weighted by Gasteiger charge is -2.10. The summed E-state index contributed by atoms with van der Waals surface area (Å²) in [4.78, 5) is 0. The summed E-state index contributed by atoms with van der Waals surface area (Å²) in [6.07, 6.45) is 0. The molecule has 0 spiro atoms. The summed E-state index contributed by atoms with van der Waals surface area (Å²) in [5, 5.41) is 9.51. The third kappa shape index (κ3) is 2.75. The average molecular weight is 265 g/mol. The standard InChI is InChI=1S/C14H13ClO3/c1-17-13-4-2-3-5-14(13)18-11-7-6-10(9-16)12(15)8-11/h2-8,16H,9H2,1H3. The number of methoxy groups -OCH3 is 1. The van der Waals surface area contributed by atoms with Gasteiger partial charge in [-0.1, -0.05) is 29.8 Å². The van der Waals surface area contributed by atoms with E-state index < -0.39 is 0 Å². The van der Waals surface area contributed by atoms with Crippen LogP contribution in [-0.2, 0) is 6.61 Å². The van der Waals surface area contributed by atoms with Crippen molar-refractivity contribution in [2.45, 2.75) is 6.61 Å². The lowest BCUT2D eigenvalue weighted by molar-refractivity contribution is 0.282. The first-order valence-corrected chi connectivity index (χ1v) is 5.82. The van der Waals surface area contributed by atoms with E-state index in [2.05, 4.69) is 0 Å². The molecule has 0 saturated heterocycles. The molecule has 4 heteroatoms. The minimum absolute atomic E-state index is 0.0895. The Morgan fingerprint density at radius 3 is 2.44 bits per heavy atom. The van der Waals surface area contributed by atoms with Gasteiger partial charge in [0, 0.05) is 5.02 Å². The molecule has 3 nitrogen and oxygen atoms in total. The molecule has 0 bridgehead atoms. The van der Waals surface area contributed by atoms with Gasteiger partial charge in [-0.15, -0.1) is 0 Å². The first-order valence-electron chi connectivity index (χ1n) is 5.44. The normalized spacial score (nSPS) is 10.2. The Labute approximate surface area is 111 Å². The molecule has 2 rings (SSSR count). The van der Waals surface area contributed by atoms with Crippen LogP contribution in [0.25, 0.3) is 0 Å². The van der Waals surface area contributed by atoms with Crippen molar-refractivity contribution in [3.05, 3.63) is 53.1 Å². The number of para-hydroxylation sites is 2. The van der Waals surface area contributed by atoms with Crippen LogP contribution in [0.4, 0.5) is 0 Å². The van der Waals surface area contributed by atoms with Crippen LogP contribution in [0.5, 0.6) is 17.2 Å². The van der Waals surface area contributed by atoms with E-state index in [0.717, 1.165) is 0 Å². The molecular formula is C14H13ClO3. The Balaban J connectivity index is 2.26. The molecule has 2 aromatic carbocycles. The van der Waals surface area contributed by atoms with Crippen LogP contribution < -0.4 is 9.47 Å². The molecule has 0 radical (unpaired) electrons. The monoisotopic (exact) mass is 264 g/mol. The maximum Gasteiger partial charge on any atom is 0.169 e. The number of halogens is 1. The predicted octanol–water partition coefficient (Wildman–Crippen LogP) is 3.63. The van der Waals surface area contributed by atoms with E-state index >= 15 is 0 Å². The van der Waals surface area contributed by atoms with Crippen molar-refractivity contribution in [2.75, 3.05) is 7.11 Å². The summed E-state index contributed by atoms with van der Waals surface area (Å²) in [6, 6.07) is 12.5. The minimum Gasteiger partial charge on any atom is -0.493 e. The Bertz CT molecular complexity index is 540. The lowest BCUT2D eigenvalue weighted by Crippen LogP contribution is -1.91. The van der Waals surface area contributed by atoms with E-state index in [1.807, 2.05) is 24.3 Å². The lowest BCUT2D eigenvalue weighted by atomic mass is 10.2. The number of rotatable bonds is 4. The number of ether oxygens (including phenoxy) is 2. The molecule has 2 aromatic rings. The highest BCUT2D eigenvalue weighted by molar-refractivity contribution is 6.31. The van der Waals surface area contributed by atoms with Gasteiger partial charge in [0.25, 0.3) is 0 Å². The number of aliphatic hydroxyl groups excluding tert-OH is 1. The van der Waals surface area contributed by atoms with Crippen LogP contribution in [0.15, 0.2) is 42.5 Å². The highest BCUT2D eigenvalue weighted by Crippen LogP contribution is 2.32. The molecular weight excluding hydrogens is 252 g/mol. The molecule has 18 heavy (non-hydrogen) atoms. The average Bonchev–Trinajstić information content (AvgIpc) is 2.39. The van der Waals surface area contributed by atoms with Gasteiger partial charge >= 0.3 is 0 Å². The van der Waals surface area contributed by atoms with Gasteiger partial charge in [0.1, 0.15) is 5.75 Å². The molecule has 0 aliphatic heterocycles. The number of hydrogen-bond acceptors (Lipinski definition) is 3. The molecule has 1 N–H and O–H groups in total.